The lowest BCUT2D eigenvalue weighted by atomic mass is 9.55. The first-order valence-corrected chi connectivity index (χ1v) is 25.4. The highest BCUT2D eigenvalue weighted by molar-refractivity contribution is 7.99. The van der Waals surface area contributed by atoms with Crippen LogP contribution in [0.4, 0.5) is 5.69 Å². The number of nitrogens with zero attached hydrogens (tertiary/aromatic N) is 3. The van der Waals surface area contributed by atoms with E-state index in [1.165, 1.54) is 18.2 Å². The van der Waals surface area contributed by atoms with Crippen LogP contribution in [0.2, 0.25) is 0 Å². The van der Waals surface area contributed by atoms with Crippen molar-refractivity contribution >= 4 is 35.1 Å². The molecule has 69 heavy (non-hydrogen) atoms. The van der Waals surface area contributed by atoms with E-state index in [1.807, 2.05) is 30.3 Å². The molecule has 1 saturated carbocycles. The Balaban J connectivity index is 1.37. The molecule has 3 aromatic rings. The number of non-ortho nitro benzene ring substituents is 1. The van der Waals surface area contributed by atoms with E-state index in [0.29, 0.717) is 55.3 Å². The summed E-state index contributed by atoms with van der Waals surface area (Å²) in [5.74, 6) is -0.673. The molecular formula is C53H67N3O12S. The van der Waals surface area contributed by atoms with Crippen molar-refractivity contribution in [2.45, 2.75) is 93.1 Å². The van der Waals surface area contributed by atoms with Gasteiger partial charge in [0.1, 0.15) is 17.5 Å². The molecule has 3 aromatic carbocycles. The molecule has 372 valence electrons. The molecule has 2 heterocycles. The van der Waals surface area contributed by atoms with Crippen LogP contribution in [0.25, 0.3) is 6.08 Å². The summed E-state index contributed by atoms with van der Waals surface area (Å²) in [4.78, 5) is 35.0. The number of ether oxygens (including phenoxy) is 5. The summed E-state index contributed by atoms with van der Waals surface area (Å²) in [5.41, 5.74) is 2.99. The van der Waals surface area contributed by atoms with Gasteiger partial charge in [-0.1, -0.05) is 48.3 Å². The molecule has 0 bridgehead atoms. The largest absolute Gasteiger partial charge is 0.493 e. The van der Waals surface area contributed by atoms with E-state index < -0.39 is 34.9 Å². The van der Waals surface area contributed by atoms with Gasteiger partial charge in [-0.3, -0.25) is 14.9 Å². The van der Waals surface area contributed by atoms with Crippen molar-refractivity contribution in [3.8, 4) is 11.5 Å². The zero-order chi connectivity index (χ0) is 48.4. The Hall–Kier alpha value is -5.07. The summed E-state index contributed by atoms with van der Waals surface area (Å²) in [6.45, 7) is 5.32. The zero-order valence-electron chi connectivity index (χ0n) is 39.3. The van der Waals surface area contributed by atoms with Gasteiger partial charge >= 0.3 is 0 Å². The van der Waals surface area contributed by atoms with Gasteiger partial charge in [-0.25, -0.2) is 0 Å². The molecule has 15 nitrogen and oxygen atoms in total. The highest BCUT2D eigenvalue weighted by Crippen LogP contribution is 2.62. The maximum atomic E-state index is 15.0. The SMILES string of the molecule is C=CCO[C@@]12Oc3ccc(OCCSc4ccccc4)cc3[C@H]3[C@H](CCCCO)[C@@H](CCCCO)C=C(C(=NOC4CCCCO4)C[C@@H]1N(CCOCCO)C(=O)C=Cc1ccc([N+](=O)[O-])cc1)[C@H]32. The Morgan fingerprint density at radius 1 is 0.971 bits per heavy atom. The predicted molar refractivity (Wildman–Crippen MR) is 264 cm³/mol. The van der Waals surface area contributed by atoms with Crippen molar-refractivity contribution in [1.29, 1.82) is 0 Å². The lowest BCUT2D eigenvalue weighted by Crippen LogP contribution is -2.70. The average Bonchev–Trinajstić information content (AvgIpc) is 3.37. The molecule has 3 N–H and O–H groups in total. The Morgan fingerprint density at radius 2 is 1.77 bits per heavy atom. The van der Waals surface area contributed by atoms with Crippen molar-refractivity contribution in [3.05, 3.63) is 124 Å². The summed E-state index contributed by atoms with van der Waals surface area (Å²) < 4.78 is 32.8. The van der Waals surface area contributed by atoms with Crippen LogP contribution in [0.5, 0.6) is 11.5 Å². The predicted octanol–water partition coefficient (Wildman–Crippen LogP) is 8.48. The van der Waals surface area contributed by atoms with Crippen LogP contribution in [0.3, 0.4) is 0 Å². The number of nitro groups is 1. The van der Waals surface area contributed by atoms with Gasteiger partial charge < -0.3 is 48.7 Å². The highest BCUT2D eigenvalue weighted by Gasteiger charge is 2.65. The Morgan fingerprint density at radius 3 is 2.49 bits per heavy atom. The number of rotatable bonds is 27. The minimum absolute atomic E-state index is 0.00361. The third kappa shape index (κ3) is 13.2. The van der Waals surface area contributed by atoms with Gasteiger partial charge in [0.25, 0.3) is 5.69 Å². The third-order valence-electron chi connectivity index (χ3n) is 13.3. The summed E-state index contributed by atoms with van der Waals surface area (Å²) in [6, 6.07) is 21.2. The van der Waals surface area contributed by atoms with Crippen LogP contribution in [0.15, 0.2) is 113 Å². The monoisotopic (exact) mass is 969 g/mol. The van der Waals surface area contributed by atoms with E-state index in [4.69, 9.17) is 33.7 Å². The van der Waals surface area contributed by atoms with E-state index in [2.05, 4.69) is 30.9 Å². The second-order valence-electron chi connectivity index (χ2n) is 17.7. The molecule has 2 fully saturated rings. The maximum absolute atomic E-state index is 15.0. The second kappa shape index (κ2) is 26.2. The molecule has 1 saturated heterocycles. The Labute approximate surface area is 409 Å². The van der Waals surface area contributed by atoms with E-state index in [9.17, 15) is 30.2 Å². The molecule has 0 aromatic heterocycles. The number of allylic oxidation sites excluding steroid dienone is 1. The topological polar surface area (TPSA) is 192 Å². The first-order chi connectivity index (χ1) is 33.8. The number of fused-ring (bicyclic) bond motifs is 2. The third-order valence-corrected chi connectivity index (χ3v) is 14.3. The lowest BCUT2D eigenvalue weighted by molar-refractivity contribution is -0.384. The minimum Gasteiger partial charge on any atom is -0.493 e. The van der Waals surface area contributed by atoms with Crippen molar-refractivity contribution in [2.75, 3.05) is 65.2 Å². The summed E-state index contributed by atoms with van der Waals surface area (Å²) >= 11 is 1.72. The van der Waals surface area contributed by atoms with Crippen LogP contribution in [-0.4, -0.2) is 120 Å². The maximum Gasteiger partial charge on any atom is 0.269 e. The number of unbranched alkanes of at least 4 members (excludes halogenated alkanes) is 2. The van der Waals surface area contributed by atoms with Gasteiger partial charge in [-0.05, 0) is 110 Å². The quantitative estimate of drug-likeness (QED) is 0.0165. The number of hydrogen-bond donors (Lipinski definition) is 3. The van der Waals surface area contributed by atoms with Crippen LogP contribution >= 0.6 is 11.8 Å². The molecule has 1 amide bonds. The van der Waals surface area contributed by atoms with Crippen molar-refractivity contribution in [2.24, 2.45) is 22.9 Å². The number of carbonyl (C=O) groups excluding carboxylic acids is 1. The molecular weight excluding hydrogens is 903 g/mol. The number of carbonyl (C=O) groups is 1. The number of thioether (sulfide) groups is 1. The van der Waals surface area contributed by atoms with Crippen LogP contribution in [-0.2, 0) is 23.8 Å². The molecule has 2 aliphatic heterocycles. The van der Waals surface area contributed by atoms with E-state index in [0.717, 1.165) is 60.3 Å². The molecule has 7 rings (SSSR count). The Kier molecular flexibility index (Phi) is 19.7. The number of hydrogen-bond acceptors (Lipinski definition) is 14. The molecule has 7 atom stereocenters. The number of aliphatic hydroxyl groups is 3. The average molecular weight is 970 g/mol. The van der Waals surface area contributed by atoms with E-state index >= 15 is 0 Å². The van der Waals surface area contributed by atoms with Crippen molar-refractivity contribution in [3.63, 3.8) is 0 Å². The van der Waals surface area contributed by atoms with Crippen LogP contribution in [0, 0.1) is 27.9 Å². The van der Waals surface area contributed by atoms with Crippen molar-refractivity contribution in [1.82, 2.24) is 4.90 Å². The standard InChI is InChI=1S/C53H67N3O12S/c1-2-29-66-53-48(55(25-31-63-32-28-59)49(60)24-19-38-17-20-40(21-18-38)56(61)62)37-46(54-68-50-16-8-11-30-65-50)44-35-39(12-6-9-26-57)43(15-7-10-27-58)51(52(44)53)45-36-41(22-23-47(45)67-53)64-33-34-69-42-13-4-3-5-14-42/h2-5,13-14,17-24,35-36,39,43,48,50-52,57-59H,1,6-12,15-16,25-34,37H2/t39-,43+,48-,50?,51+,52+,53+/m0/s1. The van der Waals surface area contributed by atoms with Crippen LogP contribution < -0.4 is 9.47 Å². The van der Waals surface area contributed by atoms with E-state index in [1.54, 1.807) is 40.9 Å². The summed E-state index contributed by atoms with van der Waals surface area (Å²) in [6.07, 6.45) is 13.6. The highest BCUT2D eigenvalue weighted by atomic mass is 32.2. The fourth-order valence-corrected chi connectivity index (χ4v) is 11.0. The van der Waals surface area contributed by atoms with Crippen LogP contribution in [0.1, 0.15) is 81.3 Å². The fourth-order valence-electron chi connectivity index (χ4n) is 10.2. The summed E-state index contributed by atoms with van der Waals surface area (Å²) in [5, 5.41) is 46.0. The zero-order valence-corrected chi connectivity index (χ0v) is 40.1. The number of nitro benzene ring substituents is 1. The molecule has 0 radical (unpaired) electrons. The first kappa shape index (κ1) is 51.8. The first-order valence-electron chi connectivity index (χ1n) is 24.4. The summed E-state index contributed by atoms with van der Waals surface area (Å²) in [7, 11) is 0. The molecule has 16 heteroatoms. The van der Waals surface area contributed by atoms with Gasteiger partial charge in [-0.15, -0.1) is 18.3 Å². The van der Waals surface area contributed by atoms with Gasteiger partial charge in [0.15, 0.2) is 0 Å². The minimum atomic E-state index is -1.52. The fraction of sp³-hybridized carbons (Fsp3) is 0.509. The molecule has 0 spiro atoms. The molecule has 2 aliphatic carbocycles. The smallest absolute Gasteiger partial charge is 0.269 e. The number of amides is 1. The number of benzene rings is 3. The van der Waals surface area contributed by atoms with Crippen molar-refractivity contribution < 1.29 is 53.6 Å². The lowest BCUT2D eigenvalue weighted by Gasteiger charge is -2.60. The Bertz CT molecular complexity index is 2220. The number of oxime groups is 1. The van der Waals surface area contributed by atoms with Gasteiger partial charge in [0.05, 0.1) is 56.2 Å². The number of aliphatic hydroxyl groups excluding tert-OH is 3. The molecule has 1 unspecified atom stereocenters. The second-order valence-corrected chi connectivity index (χ2v) is 18.9. The normalized spacial score (nSPS) is 24.4. The van der Waals surface area contributed by atoms with Gasteiger partial charge in [0.2, 0.25) is 18.0 Å². The van der Waals surface area contributed by atoms with E-state index in [-0.39, 0.29) is 76.0 Å². The van der Waals surface area contributed by atoms with Gasteiger partial charge in [0, 0.05) is 72.9 Å². The molecule has 4 aliphatic rings. The van der Waals surface area contributed by atoms with Gasteiger partial charge in [-0.2, -0.15) is 0 Å².